The quantitative estimate of drug-likeness (QED) is 0.685. The van der Waals surface area contributed by atoms with E-state index >= 15 is 0 Å². The van der Waals surface area contributed by atoms with Crippen molar-refractivity contribution in [2.45, 2.75) is 0 Å². The Hall–Kier alpha value is -2.89. The Labute approximate surface area is 114 Å². The van der Waals surface area contributed by atoms with Crippen molar-refractivity contribution < 1.29 is 10.0 Å². The maximum absolute atomic E-state index is 11.4. The molecular weight excluding hydrogens is 260 g/mol. The van der Waals surface area contributed by atoms with Crippen molar-refractivity contribution in [1.29, 1.82) is 0 Å². The minimum absolute atomic E-state index is 0.0270. The normalized spacial score (nSPS) is 10.8. The fourth-order valence-electron chi connectivity index (χ4n) is 1.69. The summed E-state index contributed by atoms with van der Waals surface area (Å²) < 4.78 is 1.61. The molecule has 1 aromatic carbocycles. The Morgan fingerprint density at radius 3 is 2.50 bits per heavy atom. The van der Waals surface area contributed by atoms with Crippen LogP contribution in [0.1, 0.15) is 11.3 Å². The molecule has 20 heavy (non-hydrogen) atoms. The average molecular weight is 272 g/mol. The lowest BCUT2D eigenvalue weighted by Crippen LogP contribution is -2.06. The van der Waals surface area contributed by atoms with Crippen LogP contribution in [0.2, 0.25) is 0 Å². The Morgan fingerprint density at radius 2 is 1.90 bits per heavy atom. The topological polar surface area (TPSA) is 85.4 Å². The number of aryl methyl sites for hydroxylation is 1. The highest BCUT2D eigenvalue weighted by molar-refractivity contribution is 5.68. The Bertz CT molecular complexity index is 730. The summed E-state index contributed by atoms with van der Waals surface area (Å²) in [4.78, 5) is 21.4. The number of nitro benzene ring substituents is 1. The number of hydrogen-bond acceptors (Lipinski definition) is 4. The number of nitrogens with zero attached hydrogens (tertiary/aromatic N) is 2. The second-order valence-corrected chi connectivity index (χ2v) is 4.24. The van der Waals surface area contributed by atoms with Crippen molar-refractivity contribution in [3.8, 4) is 5.75 Å². The maximum atomic E-state index is 11.4. The summed E-state index contributed by atoms with van der Waals surface area (Å²) in [6, 6.07) is 7.38. The van der Waals surface area contributed by atoms with Crippen LogP contribution in [0, 0.1) is 10.1 Å². The van der Waals surface area contributed by atoms with Crippen molar-refractivity contribution in [3.05, 3.63) is 68.1 Å². The predicted molar refractivity (Wildman–Crippen MR) is 75.4 cm³/mol. The Kier molecular flexibility index (Phi) is 3.65. The van der Waals surface area contributed by atoms with E-state index in [1.54, 1.807) is 35.9 Å². The van der Waals surface area contributed by atoms with Crippen molar-refractivity contribution in [1.82, 2.24) is 4.57 Å². The van der Waals surface area contributed by atoms with Gasteiger partial charge in [-0.15, -0.1) is 0 Å². The molecule has 0 radical (unpaired) electrons. The lowest BCUT2D eigenvalue weighted by Gasteiger charge is -2.04. The molecule has 0 atom stereocenters. The second kappa shape index (κ2) is 5.40. The van der Waals surface area contributed by atoms with Crippen LogP contribution in [0.3, 0.4) is 0 Å². The number of aromatic hydroxyl groups is 1. The van der Waals surface area contributed by atoms with E-state index in [1.807, 2.05) is 0 Å². The fourth-order valence-corrected chi connectivity index (χ4v) is 1.69. The highest BCUT2D eigenvalue weighted by Crippen LogP contribution is 2.14. The minimum Gasteiger partial charge on any atom is -0.503 e. The number of rotatable bonds is 3. The highest BCUT2D eigenvalue weighted by atomic mass is 16.6. The van der Waals surface area contributed by atoms with Crippen molar-refractivity contribution in [3.63, 3.8) is 0 Å². The SMILES string of the molecule is Cn1cc(O)c(=O)cc1/C=C/c1ccc([N+](=O)[O-])cc1. The first-order chi connectivity index (χ1) is 9.47. The van der Waals surface area contributed by atoms with Crippen molar-refractivity contribution in [2.24, 2.45) is 7.05 Å². The van der Waals surface area contributed by atoms with Gasteiger partial charge in [0, 0.05) is 37.1 Å². The van der Waals surface area contributed by atoms with Gasteiger partial charge >= 0.3 is 0 Å². The summed E-state index contributed by atoms with van der Waals surface area (Å²) in [5.74, 6) is -0.306. The average Bonchev–Trinajstić information content (AvgIpc) is 2.42. The summed E-state index contributed by atoms with van der Waals surface area (Å²) in [5, 5.41) is 19.8. The number of aromatic nitrogens is 1. The second-order valence-electron chi connectivity index (χ2n) is 4.24. The van der Waals surface area contributed by atoms with Gasteiger partial charge in [0.05, 0.1) is 4.92 Å². The third kappa shape index (κ3) is 2.92. The first-order valence-electron chi connectivity index (χ1n) is 5.79. The van der Waals surface area contributed by atoms with Crippen molar-refractivity contribution in [2.75, 3.05) is 0 Å². The molecular formula is C14H12N2O4. The Morgan fingerprint density at radius 1 is 1.25 bits per heavy atom. The van der Waals surface area contributed by atoms with E-state index in [0.717, 1.165) is 5.56 Å². The summed E-state index contributed by atoms with van der Waals surface area (Å²) in [7, 11) is 1.70. The van der Waals surface area contributed by atoms with E-state index in [1.165, 1.54) is 24.4 Å². The van der Waals surface area contributed by atoms with E-state index in [9.17, 15) is 20.0 Å². The van der Waals surface area contributed by atoms with Gasteiger partial charge < -0.3 is 9.67 Å². The van der Waals surface area contributed by atoms with Crippen LogP contribution in [0.4, 0.5) is 5.69 Å². The van der Waals surface area contributed by atoms with Crippen LogP contribution < -0.4 is 5.43 Å². The monoisotopic (exact) mass is 272 g/mol. The van der Waals surface area contributed by atoms with Gasteiger partial charge in [-0.1, -0.05) is 6.08 Å². The largest absolute Gasteiger partial charge is 0.503 e. The molecule has 1 N–H and O–H groups in total. The van der Waals surface area contributed by atoms with Crippen LogP contribution in [0.5, 0.6) is 5.75 Å². The molecule has 0 amide bonds. The molecule has 0 unspecified atom stereocenters. The molecule has 6 nitrogen and oxygen atoms in total. The van der Waals surface area contributed by atoms with E-state index in [0.29, 0.717) is 5.69 Å². The van der Waals surface area contributed by atoms with Gasteiger partial charge in [0.25, 0.3) is 5.69 Å². The van der Waals surface area contributed by atoms with Crippen LogP contribution in [0.25, 0.3) is 12.2 Å². The number of hydrogen-bond donors (Lipinski definition) is 1. The zero-order chi connectivity index (χ0) is 14.7. The lowest BCUT2D eigenvalue weighted by molar-refractivity contribution is -0.384. The molecule has 102 valence electrons. The van der Waals surface area contributed by atoms with Gasteiger partial charge in [0.2, 0.25) is 5.43 Å². The Balaban J connectivity index is 2.27. The third-order valence-corrected chi connectivity index (χ3v) is 2.81. The third-order valence-electron chi connectivity index (χ3n) is 2.81. The van der Waals surface area contributed by atoms with Crippen LogP contribution in [0.15, 0.2) is 41.3 Å². The molecule has 6 heteroatoms. The van der Waals surface area contributed by atoms with E-state index in [2.05, 4.69) is 0 Å². The maximum Gasteiger partial charge on any atom is 0.269 e. The smallest absolute Gasteiger partial charge is 0.269 e. The molecule has 2 rings (SSSR count). The lowest BCUT2D eigenvalue weighted by atomic mass is 10.2. The molecule has 0 saturated heterocycles. The van der Waals surface area contributed by atoms with Crippen molar-refractivity contribution >= 4 is 17.8 Å². The number of benzene rings is 1. The molecule has 1 aromatic heterocycles. The number of pyridine rings is 1. The first kappa shape index (κ1) is 13.5. The van der Waals surface area contributed by atoms with Gasteiger partial charge in [-0.25, -0.2) is 0 Å². The highest BCUT2D eigenvalue weighted by Gasteiger charge is 2.03. The molecule has 0 aliphatic rings. The molecule has 0 aliphatic heterocycles. The van der Waals surface area contributed by atoms with E-state index in [-0.39, 0.29) is 11.4 Å². The summed E-state index contributed by atoms with van der Waals surface area (Å²) >= 11 is 0. The molecule has 0 spiro atoms. The molecule has 0 aliphatic carbocycles. The molecule has 1 heterocycles. The summed E-state index contributed by atoms with van der Waals surface area (Å²) in [6.45, 7) is 0. The van der Waals surface area contributed by atoms with Crippen LogP contribution in [-0.2, 0) is 7.05 Å². The van der Waals surface area contributed by atoms with Gasteiger partial charge in [-0.05, 0) is 23.8 Å². The zero-order valence-electron chi connectivity index (χ0n) is 10.7. The summed E-state index contributed by atoms with van der Waals surface area (Å²) in [6.07, 6.45) is 4.76. The van der Waals surface area contributed by atoms with Gasteiger partial charge in [-0.2, -0.15) is 0 Å². The molecule has 0 bridgehead atoms. The van der Waals surface area contributed by atoms with Crippen LogP contribution in [-0.4, -0.2) is 14.6 Å². The fraction of sp³-hybridized carbons (Fsp3) is 0.0714. The molecule has 2 aromatic rings. The number of nitro groups is 1. The van der Waals surface area contributed by atoms with E-state index < -0.39 is 10.4 Å². The van der Waals surface area contributed by atoms with Gasteiger partial charge in [0.15, 0.2) is 5.75 Å². The first-order valence-corrected chi connectivity index (χ1v) is 5.79. The predicted octanol–water partition coefficient (Wildman–Crippen LogP) is 2.17. The molecule has 0 saturated carbocycles. The van der Waals surface area contributed by atoms with Gasteiger partial charge in [0.1, 0.15) is 0 Å². The number of non-ortho nitro benzene ring substituents is 1. The van der Waals surface area contributed by atoms with E-state index in [4.69, 9.17) is 0 Å². The minimum atomic E-state index is -0.461. The van der Waals surface area contributed by atoms with Gasteiger partial charge in [-0.3, -0.25) is 14.9 Å². The zero-order valence-corrected chi connectivity index (χ0v) is 10.7. The van der Waals surface area contributed by atoms with Crippen LogP contribution >= 0.6 is 0 Å². The standard InChI is InChI=1S/C14H12N2O4/c1-15-9-14(18)13(17)8-12(15)7-4-10-2-5-11(6-3-10)16(19)20/h2-9,18H,1H3/b7-4+. The molecule has 0 fully saturated rings. The summed E-state index contributed by atoms with van der Waals surface area (Å²) in [5.41, 5.74) is 0.966.